The number of halogens is 1. The van der Waals surface area contributed by atoms with Crippen molar-refractivity contribution in [1.82, 2.24) is 4.98 Å². The second-order valence-electron chi connectivity index (χ2n) is 5.56. The van der Waals surface area contributed by atoms with Crippen molar-refractivity contribution in [3.8, 4) is 11.8 Å². The molecule has 2 nitrogen and oxygen atoms in total. The van der Waals surface area contributed by atoms with Gasteiger partial charge < -0.3 is 0 Å². The Kier molecular flexibility index (Phi) is 4.65. The molecule has 0 N–H and O–H groups in total. The fraction of sp³-hybridized carbons (Fsp3) is 0.333. The summed E-state index contributed by atoms with van der Waals surface area (Å²) in [5.74, 6) is 6.31. The van der Waals surface area contributed by atoms with Gasteiger partial charge in [0.1, 0.15) is 5.82 Å². The molecule has 0 radical (unpaired) electrons. The van der Waals surface area contributed by atoms with E-state index in [2.05, 4.69) is 16.8 Å². The summed E-state index contributed by atoms with van der Waals surface area (Å²) in [5.41, 5.74) is 0.732. The SMILES string of the molecule is O=C(CC1CCCC1)c1cnc(C#Cc2ccc(F)cc2)s1. The fourth-order valence-electron chi connectivity index (χ4n) is 2.70. The molecule has 4 heteroatoms. The van der Waals surface area contributed by atoms with Gasteiger partial charge in [0, 0.05) is 12.0 Å². The van der Waals surface area contributed by atoms with E-state index in [0.717, 1.165) is 5.56 Å². The number of hydrogen-bond donors (Lipinski definition) is 0. The average Bonchev–Trinajstić information content (AvgIpc) is 3.18. The third-order valence-electron chi connectivity index (χ3n) is 3.89. The molecule has 0 atom stereocenters. The first-order chi connectivity index (χ1) is 10.7. The maximum atomic E-state index is 12.8. The molecule has 1 fully saturated rings. The summed E-state index contributed by atoms with van der Waals surface area (Å²) in [6.45, 7) is 0. The smallest absolute Gasteiger partial charge is 0.174 e. The largest absolute Gasteiger partial charge is 0.293 e. The molecule has 2 aromatic rings. The summed E-state index contributed by atoms with van der Waals surface area (Å²) in [4.78, 5) is 17.1. The molecule has 1 aromatic heterocycles. The van der Waals surface area contributed by atoms with Crippen LogP contribution in [0.4, 0.5) is 4.39 Å². The van der Waals surface area contributed by atoms with Crippen LogP contribution in [0.15, 0.2) is 30.5 Å². The van der Waals surface area contributed by atoms with Gasteiger partial charge in [0.15, 0.2) is 10.8 Å². The Balaban J connectivity index is 1.66. The zero-order chi connectivity index (χ0) is 15.4. The quantitative estimate of drug-likeness (QED) is 0.619. The molecule has 0 aliphatic heterocycles. The Hall–Kier alpha value is -1.99. The van der Waals surface area contributed by atoms with E-state index in [1.807, 2.05) is 0 Å². The van der Waals surface area contributed by atoms with Crippen molar-refractivity contribution < 1.29 is 9.18 Å². The highest BCUT2D eigenvalue weighted by molar-refractivity contribution is 7.14. The Morgan fingerprint density at radius 2 is 1.95 bits per heavy atom. The minimum Gasteiger partial charge on any atom is -0.293 e. The molecule has 112 valence electrons. The highest BCUT2D eigenvalue weighted by Crippen LogP contribution is 2.29. The molecule has 0 bridgehead atoms. The van der Waals surface area contributed by atoms with Crippen LogP contribution >= 0.6 is 11.3 Å². The van der Waals surface area contributed by atoms with E-state index in [1.54, 1.807) is 18.3 Å². The Labute approximate surface area is 133 Å². The highest BCUT2D eigenvalue weighted by atomic mass is 32.1. The predicted molar refractivity (Wildman–Crippen MR) is 85.4 cm³/mol. The predicted octanol–water partition coefficient (Wildman–Crippen LogP) is 4.45. The second kappa shape index (κ2) is 6.85. The minimum atomic E-state index is -0.278. The zero-order valence-corrected chi connectivity index (χ0v) is 13.0. The molecule has 22 heavy (non-hydrogen) atoms. The average molecular weight is 313 g/mol. The fourth-order valence-corrected chi connectivity index (χ4v) is 3.42. The number of nitrogens with zero attached hydrogens (tertiary/aromatic N) is 1. The van der Waals surface area contributed by atoms with Gasteiger partial charge in [-0.1, -0.05) is 31.6 Å². The number of hydrogen-bond acceptors (Lipinski definition) is 3. The summed E-state index contributed by atoms with van der Waals surface area (Å²) in [7, 11) is 0. The van der Waals surface area contributed by atoms with Crippen LogP contribution in [-0.4, -0.2) is 10.8 Å². The van der Waals surface area contributed by atoms with Crippen molar-refractivity contribution >= 4 is 17.1 Å². The lowest BCUT2D eigenvalue weighted by molar-refractivity contribution is 0.0966. The summed E-state index contributed by atoms with van der Waals surface area (Å²) in [5, 5.41) is 0.624. The van der Waals surface area contributed by atoms with E-state index in [4.69, 9.17) is 0 Å². The lowest BCUT2D eigenvalue weighted by Gasteiger charge is -2.05. The molecule has 1 aliphatic rings. The van der Waals surface area contributed by atoms with Crippen molar-refractivity contribution in [2.75, 3.05) is 0 Å². The van der Waals surface area contributed by atoms with Gasteiger partial charge in [0.2, 0.25) is 0 Å². The molecule has 3 rings (SSSR count). The zero-order valence-electron chi connectivity index (χ0n) is 12.1. The van der Waals surface area contributed by atoms with E-state index in [-0.39, 0.29) is 11.6 Å². The van der Waals surface area contributed by atoms with Crippen LogP contribution in [0.1, 0.15) is 52.3 Å². The van der Waals surface area contributed by atoms with E-state index < -0.39 is 0 Å². The molecule has 1 aliphatic carbocycles. The maximum Gasteiger partial charge on any atom is 0.174 e. The number of carbonyl (C=O) groups is 1. The first kappa shape index (κ1) is 14.9. The number of rotatable bonds is 3. The molecular formula is C18H16FNOS. The van der Waals surface area contributed by atoms with Crippen LogP contribution in [0.2, 0.25) is 0 Å². The lowest BCUT2D eigenvalue weighted by Crippen LogP contribution is -2.03. The van der Waals surface area contributed by atoms with Crippen molar-refractivity contribution in [1.29, 1.82) is 0 Å². The lowest BCUT2D eigenvalue weighted by atomic mass is 10.0. The summed E-state index contributed by atoms with van der Waals surface area (Å²) >= 11 is 1.34. The number of carbonyl (C=O) groups excluding carboxylic acids is 1. The van der Waals surface area contributed by atoms with Crippen LogP contribution in [-0.2, 0) is 0 Å². The van der Waals surface area contributed by atoms with Gasteiger partial charge >= 0.3 is 0 Å². The van der Waals surface area contributed by atoms with Crippen LogP contribution in [0, 0.1) is 23.6 Å². The number of ketones is 1. The molecule has 1 aromatic carbocycles. The monoisotopic (exact) mass is 313 g/mol. The van der Waals surface area contributed by atoms with Crippen LogP contribution in [0.5, 0.6) is 0 Å². The molecule has 0 amide bonds. The molecule has 1 saturated carbocycles. The molecule has 0 saturated heterocycles. The third kappa shape index (κ3) is 3.80. The Morgan fingerprint density at radius 1 is 1.23 bits per heavy atom. The molecule has 0 spiro atoms. The van der Waals surface area contributed by atoms with Gasteiger partial charge in [-0.3, -0.25) is 4.79 Å². The van der Waals surface area contributed by atoms with Crippen LogP contribution in [0.3, 0.4) is 0 Å². The van der Waals surface area contributed by atoms with E-state index in [1.165, 1.54) is 49.2 Å². The van der Waals surface area contributed by atoms with Gasteiger partial charge in [0.25, 0.3) is 0 Å². The van der Waals surface area contributed by atoms with Gasteiger partial charge in [-0.25, -0.2) is 9.37 Å². The standard InChI is InChI=1S/C18H16FNOS/c19-15-8-5-13(6-9-15)7-10-18-20-12-17(22-18)16(21)11-14-3-1-2-4-14/h5-6,8-9,12,14H,1-4,11H2. The topological polar surface area (TPSA) is 30.0 Å². The maximum absolute atomic E-state index is 12.8. The van der Waals surface area contributed by atoms with Crippen molar-refractivity contribution in [2.24, 2.45) is 5.92 Å². The first-order valence-electron chi connectivity index (χ1n) is 7.47. The number of aromatic nitrogens is 1. The van der Waals surface area contributed by atoms with Crippen LogP contribution < -0.4 is 0 Å². The summed E-state index contributed by atoms with van der Waals surface area (Å²) in [6.07, 6.45) is 7.08. The van der Waals surface area contributed by atoms with Gasteiger partial charge in [-0.2, -0.15) is 0 Å². The highest BCUT2D eigenvalue weighted by Gasteiger charge is 2.20. The molecule has 0 unspecified atom stereocenters. The van der Waals surface area contributed by atoms with E-state index in [9.17, 15) is 9.18 Å². The van der Waals surface area contributed by atoms with Crippen molar-refractivity contribution in [3.05, 3.63) is 51.7 Å². The van der Waals surface area contributed by atoms with E-state index in [0.29, 0.717) is 22.2 Å². The van der Waals surface area contributed by atoms with Crippen LogP contribution in [0.25, 0.3) is 0 Å². The van der Waals surface area contributed by atoms with Crippen molar-refractivity contribution in [3.63, 3.8) is 0 Å². The third-order valence-corrected chi connectivity index (χ3v) is 4.84. The minimum absolute atomic E-state index is 0.180. The Morgan fingerprint density at radius 3 is 2.68 bits per heavy atom. The summed E-state index contributed by atoms with van der Waals surface area (Å²) in [6, 6.07) is 6.01. The second-order valence-corrected chi connectivity index (χ2v) is 6.59. The molecule has 1 heterocycles. The van der Waals surface area contributed by atoms with Gasteiger partial charge in [-0.15, -0.1) is 11.3 Å². The first-order valence-corrected chi connectivity index (χ1v) is 8.29. The van der Waals surface area contributed by atoms with Crippen molar-refractivity contribution in [2.45, 2.75) is 32.1 Å². The van der Waals surface area contributed by atoms with Gasteiger partial charge in [-0.05, 0) is 36.1 Å². The Bertz CT molecular complexity index is 718. The van der Waals surface area contributed by atoms with E-state index >= 15 is 0 Å². The summed E-state index contributed by atoms with van der Waals surface area (Å²) < 4.78 is 12.8. The number of Topliss-reactive ketones (excluding diaryl/α,β-unsaturated/α-hetero) is 1. The number of benzene rings is 1. The molecular weight excluding hydrogens is 297 g/mol. The van der Waals surface area contributed by atoms with Gasteiger partial charge in [0.05, 0.1) is 11.1 Å². The normalized spacial score (nSPS) is 14.6. The number of thiazole rings is 1.